The van der Waals surface area contributed by atoms with E-state index in [9.17, 15) is 13.2 Å². The fourth-order valence-electron chi connectivity index (χ4n) is 1.02. The lowest BCUT2D eigenvalue weighted by Crippen LogP contribution is -2.07. The molecule has 0 spiro atoms. The summed E-state index contributed by atoms with van der Waals surface area (Å²) in [4.78, 5) is 0. The minimum atomic E-state index is -4.52. The third kappa shape index (κ3) is 1.87. The molecular weight excluding hydrogens is 219 g/mol. The quantitative estimate of drug-likeness (QED) is 0.720. The lowest BCUT2D eigenvalue weighted by molar-refractivity contribution is -0.137. The van der Waals surface area contributed by atoms with Crippen molar-refractivity contribution >= 4 is 17.3 Å². The van der Waals surface area contributed by atoms with E-state index in [0.717, 1.165) is 12.1 Å². The average Bonchev–Trinajstić information content (AvgIpc) is 2.02. The first-order valence-electron chi connectivity index (χ1n) is 3.64. The van der Waals surface area contributed by atoms with Crippen molar-refractivity contribution in [1.82, 2.24) is 0 Å². The summed E-state index contributed by atoms with van der Waals surface area (Å²) in [5.74, 6) is -0.314. The summed E-state index contributed by atoms with van der Waals surface area (Å²) >= 11 is 5.46. The summed E-state index contributed by atoms with van der Waals surface area (Å²) in [7, 11) is 1.38. The molecule has 6 heteroatoms. The van der Waals surface area contributed by atoms with E-state index >= 15 is 0 Å². The zero-order valence-corrected chi connectivity index (χ0v) is 7.87. The maximum atomic E-state index is 12.3. The zero-order chi connectivity index (χ0) is 10.9. The normalized spacial score (nSPS) is 11.5. The Bertz CT molecular complexity index is 351. The van der Waals surface area contributed by atoms with Crippen LogP contribution in [0.2, 0.25) is 5.02 Å². The Balaban J connectivity index is 3.36. The highest BCUT2D eigenvalue weighted by Gasteiger charge is 2.34. The average molecular weight is 226 g/mol. The van der Waals surface area contributed by atoms with Gasteiger partial charge in [0, 0.05) is 7.05 Å². The number of rotatable bonds is 1. The molecule has 1 aromatic rings. The molecule has 2 N–H and O–H groups in total. The molecule has 0 atom stereocenters. The van der Waals surface area contributed by atoms with Gasteiger partial charge in [0.05, 0.1) is 16.3 Å². The minimum Gasteiger partial charge on any atom is -0.506 e. The highest BCUT2D eigenvalue weighted by atomic mass is 35.5. The van der Waals surface area contributed by atoms with Crippen molar-refractivity contribution < 1.29 is 18.3 Å². The van der Waals surface area contributed by atoms with Gasteiger partial charge in [-0.25, -0.2) is 0 Å². The van der Waals surface area contributed by atoms with Gasteiger partial charge in [0.15, 0.2) is 0 Å². The summed E-state index contributed by atoms with van der Waals surface area (Å²) in [6.07, 6.45) is -4.52. The molecule has 0 amide bonds. The van der Waals surface area contributed by atoms with E-state index in [0.29, 0.717) is 0 Å². The van der Waals surface area contributed by atoms with E-state index in [2.05, 4.69) is 5.32 Å². The Hall–Kier alpha value is -1.10. The monoisotopic (exact) mass is 225 g/mol. The molecule has 1 aromatic carbocycles. The zero-order valence-electron chi connectivity index (χ0n) is 7.11. The van der Waals surface area contributed by atoms with Crippen LogP contribution in [0.1, 0.15) is 5.56 Å². The first-order chi connectivity index (χ1) is 6.38. The van der Waals surface area contributed by atoms with E-state index < -0.39 is 16.8 Å². The van der Waals surface area contributed by atoms with Gasteiger partial charge >= 0.3 is 6.18 Å². The van der Waals surface area contributed by atoms with Crippen LogP contribution in [-0.2, 0) is 6.18 Å². The van der Waals surface area contributed by atoms with Crippen LogP contribution in [-0.4, -0.2) is 12.2 Å². The van der Waals surface area contributed by atoms with Gasteiger partial charge in [-0.2, -0.15) is 13.2 Å². The van der Waals surface area contributed by atoms with Gasteiger partial charge in [0.25, 0.3) is 0 Å². The van der Waals surface area contributed by atoms with Crippen LogP contribution in [0.4, 0.5) is 18.9 Å². The smallest absolute Gasteiger partial charge is 0.417 e. The van der Waals surface area contributed by atoms with Crippen LogP contribution < -0.4 is 5.32 Å². The van der Waals surface area contributed by atoms with Gasteiger partial charge in [-0.15, -0.1) is 0 Å². The standard InChI is InChI=1S/C8H7ClF3NO/c1-13-7-5(14)3-2-4(6(7)9)8(10,11)12/h2-3,13-14H,1H3. The Labute approximate surface area is 83.3 Å². The molecule has 14 heavy (non-hydrogen) atoms. The second kappa shape index (κ2) is 3.57. The molecule has 78 valence electrons. The van der Waals surface area contributed by atoms with Crippen molar-refractivity contribution in [2.45, 2.75) is 6.18 Å². The van der Waals surface area contributed by atoms with Crippen LogP contribution >= 0.6 is 11.6 Å². The highest BCUT2D eigenvalue weighted by Crippen LogP contribution is 2.41. The minimum absolute atomic E-state index is 0.124. The van der Waals surface area contributed by atoms with Crippen LogP contribution in [0.15, 0.2) is 12.1 Å². The van der Waals surface area contributed by atoms with E-state index in [1.165, 1.54) is 7.05 Å². The molecule has 2 nitrogen and oxygen atoms in total. The van der Waals surface area contributed by atoms with Crippen molar-refractivity contribution in [1.29, 1.82) is 0 Å². The lowest BCUT2D eigenvalue weighted by atomic mass is 10.1. The number of phenols is 1. The molecule has 0 heterocycles. The van der Waals surface area contributed by atoms with Gasteiger partial charge in [-0.05, 0) is 12.1 Å². The van der Waals surface area contributed by atoms with Crippen molar-refractivity contribution in [3.63, 3.8) is 0 Å². The van der Waals surface area contributed by atoms with E-state index in [1.807, 2.05) is 0 Å². The Morgan fingerprint density at radius 1 is 1.36 bits per heavy atom. The number of alkyl halides is 3. The number of halogens is 4. The Kier molecular flexibility index (Phi) is 2.80. The predicted octanol–water partition coefficient (Wildman–Crippen LogP) is 3.11. The third-order valence-electron chi connectivity index (χ3n) is 1.68. The number of phenolic OH excluding ortho intramolecular Hbond substituents is 1. The van der Waals surface area contributed by atoms with Crippen LogP contribution in [0, 0.1) is 0 Å². The van der Waals surface area contributed by atoms with Crippen LogP contribution in [0.3, 0.4) is 0 Å². The highest BCUT2D eigenvalue weighted by molar-refractivity contribution is 6.34. The SMILES string of the molecule is CNc1c(O)ccc(C(F)(F)F)c1Cl. The van der Waals surface area contributed by atoms with Gasteiger partial charge in [0.2, 0.25) is 0 Å². The summed E-state index contributed by atoms with van der Waals surface area (Å²) in [6.45, 7) is 0. The summed E-state index contributed by atoms with van der Waals surface area (Å²) in [6, 6.07) is 1.68. The molecule has 0 fully saturated rings. The Morgan fingerprint density at radius 2 is 1.93 bits per heavy atom. The Morgan fingerprint density at radius 3 is 2.36 bits per heavy atom. The summed E-state index contributed by atoms with van der Waals surface area (Å²) in [5.41, 5.74) is -1.09. The summed E-state index contributed by atoms with van der Waals surface area (Å²) < 4.78 is 36.9. The first-order valence-corrected chi connectivity index (χ1v) is 4.02. The van der Waals surface area contributed by atoms with Crippen molar-refractivity contribution in [3.05, 3.63) is 22.7 Å². The van der Waals surface area contributed by atoms with Crippen LogP contribution in [0.5, 0.6) is 5.75 Å². The largest absolute Gasteiger partial charge is 0.506 e. The van der Waals surface area contributed by atoms with E-state index in [1.54, 1.807) is 0 Å². The molecule has 0 aromatic heterocycles. The van der Waals surface area contributed by atoms with Gasteiger partial charge < -0.3 is 10.4 Å². The molecular formula is C8H7ClF3NO. The molecule has 0 saturated carbocycles. The van der Waals surface area contributed by atoms with E-state index in [-0.39, 0.29) is 11.4 Å². The fourth-order valence-corrected chi connectivity index (χ4v) is 1.38. The van der Waals surface area contributed by atoms with E-state index in [4.69, 9.17) is 16.7 Å². The van der Waals surface area contributed by atoms with Crippen molar-refractivity contribution in [3.8, 4) is 5.75 Å². The number of aromatic hydroxyl groups is 1. The number of hydrogen-bond donors (Lipinski definition) is 2. The fraction of sp³-hybridized carbons (Fsp3) is 0.250. The first kappa shape index (κ1) is 11.0. The number of benzene rings is 1. The second-order valence-electron chi connectivity index (χ2n) is 2.57. The predicted molar refractivity (Wildman–Crippen MR) is 47.7 cm³/mol. The number of anilines is 1. The number of nitrogens with one attached hydrogen (secondary N) is 1. The summed E-state index contributed by atoms with van der Waals surface area (Å²) in [5, 5.41) is 11.0. The maximum Gasteiger partial charge on any atom is 0.417 e. The van der Waals surface area contributed by atoms with Crippen LogP contribution in [0.25, 0.3) is 0 Å². The molecule has 0 aliphatic carbocycles. The van der Waals surface area contributed by atoms with Gasteiger partial charge in [-0.3, -0.25) is 0 Å². The molecule has 0 aliphatic rings. The third-order valence-corrected chi connectivity index (χ3v) is 2.07. The maximum absolute atomic E-state index is 12.3. The molecule has 0 saturated heterocycles. The van der Waals surface area contributed by atoms with Crippen molar-refractivity contribution in [2.75, 3.05) is 12.4 Å². The topological polar surface area (TPSA) is 32.3 Å². The molecule has 0 radical (unpaired) electrons. The molecule has 0 unspecified atom stereocenters. The van der Waals surface area contributed by atoms with Gasteiger partial charge in [-0.1, -0.05) is 11.6 Å². The molecule has 1 rings (SSSR count). The van der Waals surface area contributed by atoms with Crippen molar-refractivity contribution in [2.24, 2.45) is 0 Å². The second-order valence-corrected chi connectivity index (χ2v) is 2.95. The molecule has 0 aliphatic heterocycles. The molecule has 0 bridgehead atoms. The lowest BCUT2D eigenvalue weighted by Gasteiger charge is -2.13. The van der Waals surface area contributed by atoms with Gasteiger partial charge in [0.1, 0.15) is 5.75 Å². The number of hydrogen-bond acceptors (Lipinski definition) is 2.